The molecule has 0 bridgehead atoms. The van der Waals surface area contributed by atoms with E-state index in [4.69, 9.17) is 16.3 Å². The number of benzene rings is 2. The normalized spacial score (nSPS) is 11.9. The molecule has 0 fully saturated rings. The van der Waals surface area contributed by atoms with Gasteiger partial charge in [0.1, 0.15) is 0 Å². The predicted octanol–water partition coefficient (Wildman–Crippen LogP) is 5.21. The highest BCUT2D eigenvalue weighted by Crippen LogP contribution is 2.38. The number of hydrogen-bond donors (Lipinski definition) is 1. The first-order valence-corrected chi connectivity index (χ1v) is 7.06. The molecular weight excluding hydrogens is 331 g/mol. The zero-order valence-electron chi connectivity index (χ0n) is 12.1. The van der Waals surface area contributed by atoms with Crippen LogP contribution >= 0.6 is 11.6 Å². The molecule has 0 aliphatic heterocycles. The summed E-state index contributed by atoms with van der Waals surface area (Å²) in [4.78, 5) is 3.83. The van der Waals surface area contributed by atoms with Gasteiger partial charge in [0, 0.05) is 16.8 Å². The van der Waals surface area contributed by atoms with Crippen LogP contribution in [0.5, 0.6) is 11.5 Å². The fourth-order valence-electron chi connectivity index (χ4n) is 1.90. The molecule has 3 nitrogen and oxygen atoms in total. The first kappa shape index (κ1) is 17.1. The topological polar surface area (TPSA) is 41.8 Å². The minimum Gasteiger partial charge on any atom is -0.504 e. The van der Waals surface area contributed by atoms with Crippen molar-refractivity contribution in [2.24, 2.45) is 4.99 Å². The van der Waals surface area contributed by atoms with Gasteiger partial charge in [0.05, 0.1) is 17.9 Å². The van der Waals surface area contributed by atoms with Crippen molar-refractivity contribution in [2.75, 3.05) is 6.61 Å². The summed E-state index contributed by atoms with van der Waals surface area (Å²) in [6.07, 6.45) is -3.43. The first-order valence-electron chi connectivity index (χ1n) is 6.68. The van der Waals surface area contributed by atoms with Crippen LogP contribution in [0.25, 0.3) is 0 Å². The fraction of sp³-hybridized carbons (Fsp3) is 0.188. The third kappa shape index (κ3) is 4.16. The number of aliphatic imine (C=N–C) groups is 1. The van der Waals surface area contributed by atoms with Crippen molar-refractivity contribution in [2.45, 2.75) is 13.1 Å². The van der Waals surface area contributed by atoms with E-state index in [0.29, 0.717) is 6.61 Å². The zero-order chi connectivity index (χ0) is 17.0. The molecule has 2 rings (SSSR count). The van der Waals surface area contributed by atoms with E-state index in [0.717, 1.165) is 12.3 Å². The molecule has 122 valence electrons. The zero-order valence-corrected chi connectivity index (χ0v) is 12.8. The van der Waals surface area contributed by atoms with Gasteiger partial charge >= 0.3 is 6.18 Å². The standard InChI is InChI=1S/C16H13ClF3NO2/c1-2-23-14-5-3-4-10(15(14)22)9-21-13-7-6-11(17)8-12(13)16(18,19)20/h3-9,22H,2H2,1H3. The second kappa shape index (κ2) is 6.91. The lowest BCUT2D eigenvalue weighted by Crippen LogP contribution is -2.05. The number of para-hydroxylation sites is 1. The third-order valence-electron chi connectivity index (χ3n) is 2.94. The van der Waals surface area contributed by atoms with Crippen LogP contribution in [0.2, 0.25) is 5.02 Å². The number of hydrogen-bond acceptors (Lipinski definition) is 3. The summed E-state index contributed by atoms with van der Waals surface area (Å²) in [5, 5.41) is 9.98. The van der Waals surface area contributed by atoms with E-state index in [1.54, 1.807) is 19.1 Å². The minimum atomic E-state index is -4.58. The van der Waals surface area contributed by atoms with E-state index >= 15 is 0 Å². The molecule has 23 heavy (non-hydrogen) atoms. The van der Waals surface area contributed by atoms with E-state index in [-0.39, 0.29) is 27.8 Å². The molecule has 2 aromatic rings. The molecule has 0 spiro atoms. The monoisotopic (exact) mass is 343 g/mol. The number of ether oxygens (including phenoxy) is 1. The number of phenols is 1. The highest BCUT2D eigenvalue weighted by molar-refractivity contribution is 6.30. The molecule has 0 aromatic heterocycles. The Hall–Kier alpha value is -2.21. The number of halogens is 4. The van der Waals surface area contributed by atoms with Crippen LogP contribution in [0.15, 0.2) is 41.4 Å². The summed E-state index contributed by atoms with van der Waals surface area (Å²) in [6, 6.07) is 7.98. The van der Waals surface area contributed by atoms with Gasteiger partial charge in [-0.05, 0) is 37.3 Å². The van der Waals surface area contributed by atoms with Crippen molar-refractivity contribution in [1.82, 2.24) is 0 Å². The fourth-order valence-corrected chi connectivity index (χ4v) is 2.07. The predicted molar refractivity (Wildman–Crippen MR) is 83.0 cm³/mol. The molecule has 1 N–H and O–H groups in total. The Morgan fingerprint density at radius 1 is 1.26 bits per heavy atom. The van der Waals surface area contributed by atoms with Crippen molar-refractivity contribution in [1.29, 1.82) is 0 Å². The second-order valence-corrected chi connectivity index (χ2v) is 4.98. The van der Waals surface area contributed by atoms with E-state index in [1.807, 2.05) is 0 Å². The molecular formula is C16H13ClF3NO2. The molecule has 0 aliphatic carbocycles. The molecule has 2 aromatic carbocycles. The summed E-state index contributed by atoms with van der Waals surface area (Å²) < 4.78 is 44.2. The molecule has 0 unspecified atom stereocenters. The van der Waals surface area contributed by atoms with Crippen LogP contribution in [0, 0.1) is 0 Å². The Morgan fingerprint density at radius 3 is 2.65 bits per heavy atom. The Kier molecular flexibility index (Phi) is 5.15. The van der Waals surface area contributed by atoms with E-state index < -0.39 is 11.7 Å². The molecule has 0 radical (unpaired) electrons. The van der Waals surface area contributed by atoms with Crippen LogP contribution < -0.4 is 4.74 Å². The Morgan fingerprint density at radius 2 is 2.00 bits per heavy atom. The lowest BCUT2D eigenvalue weighted by Gasteiger charge is -2.10. The number of nitrogens with zero attached hydrogens (tertiary/aromatic N) is 1. The van der Waals surface area contributed by atoms with Gasteiger partial charge in [-0.3, -0.25) is 4.99 Å². The third-order valence-corrected chi connectivity index (χ3v) is 3.17. The van der Waals surface area contributed by atoms with Crippen LogP contribution in [0.1, 0.15) is 18.1 Å². The van der Waals surface area contributed by atoms with Crippen LogP contribution in [-0.4, -0.2) is 17.9 Å². The van der Waals surface area contributed by atoms with Crippen molar-refractivity contribution >= 4 is 23.5 Å². The largest absolute Gasteiger partial charge is 0.504 e. The summed E-state index contributed by atoms with van der Waals surface area (Å²) >= 11 is 5.61. The van der Waals surface area contributed by atoms with Gasteiger partial charge in [0.2, 0.25) is 0 Å². The van der Waals surface area contributed by atoms with Crippen LogP contribution in [-0.2, 0) is 6.18 Å². The SMILES string of the molecule is CCOc1cccc(C=Nc2ccc(Cl)cc2C(F)(F)F)c1O. The Labute approximate surface area is 136 Å². The lowest BCUT2D eigenvalue weighted by atomic mass is 10.1. The quantitative estimate of drug-likeness (QED) is 0.774. The maximum Gasteiger partial charge on any atom is 0.418 e. The Balaban J connectivity index is 2.40. The Bertz CT molecular complexity index is 730. The van der Waals surface area contributed by atoms with E-state index in [2.05, 4.69) is 4.99 Å². The molecule has 0 atom stereocenters. The number of aromatic hydroxyl groups is 1. The average molecular weight is 344 g/mol. The van der Waals surface area contributed by atoms with E-state index in [1.165, 1.54) is 18.2 Å². The molecule has 0 saturated carbocycles. The molecule has 0 saturated heterocycles. The molecule has 0 amide bonds. The number of rotatable bonds is 4. The van der Waals surface area contributed by atoms with Crippen molar-refractivity contribution in [3.8, 4) is 11.5 Å². The van der Waals surface area contributed by atoms with Crippen LogP contribution in [0.3, 0.4) is 0 Å². The highest BCUT2D eigenvalue weighted by Gasteiger charge is 2.33. The van der Waals surface area contributed by atoms with Gasteiger partial charge in [0.25, 0.3) is 0 Å². The second-order valence-electron chi connectivity index (χ2n) is 4.54. The van der Waals surface area contributed by atoms with Gasteiger partial charge in [-0.25, -0.2) is 0 Å². The smallest absolute Gasteiger partial charge is 0.418 e. The van der Waals surface area contributed by atoms with Gasteiger partial charge in [-0.2, -0.15) is 13.2 Å². The summed E-state index contributed by atoms with van der Waals surface area (Å²) in [5.41, 5.74) is -0.983. The summed E-state index contributed by atoms with van der Waals surface area (Å²) in [6.45, 7) is 2.10. The number of alkyl halides is 3. The maximum absolute atomic E-state index is 13.0. The molecule has 7 heteroatoms. The lowest BCUT2D eigenvalue weighted by molar-refractivity contribution is -0.137. The first-order chi connectivity index (χ1) is 10.8. The van der Waals surface area contributed by atoms with Crippen molar-refractivity contribution in [3.63, 3.8) is 0 Å². The van der Waals surface area contributed by atoms with Crippen molar-refractivity contribution in [3.05, 3.63) is 52.5 Å². The van der Waals surface area contributed by atoms with E-state index in [9.17, 15) is 18.3 Å². The average Bonchev–Trinajstić information content (AvgIpc) is 2.48. The summed E-state index contributed by atoms with van der Waals surface area (Å²) in [7, 11) is 0. The molecule has 0 aliphatic rings. The molecule has 0 heterocycles. The summed E-state index contributed by atoms with van der Waals surface area (Å²) in [5.74, 6) is 0.0595. The van der Waals surface area contributed by atoms with Crippen molar-refractivity contribution < 1.29 is 23.0 Å². The van der Waals surface area contributed by atoms with Gasteiger partial charge < -0.3 is 9.84 Å². The number of phenolic OH excluding ortho intramolecular Hbond substituents is 1. The minimum absolute atomic E-state index is 0.0301. The van der Waals surface area contributed by atoms with Crippen LogP contribution in [0.4, 0.5) is 18.9 Å². The maximum atomic E-state index is 13.0. The van der Waals surface area contributed by atoms with Gasteiger partial charge in [0.15, 0.2) is 11.5 Å². The highest BCUT2D eigenvalue weighted by atomic mass is 35.5. The van der Waals surface area contributed by atoms with Gasteiger partial charge in [-0.15, -0.1) is 0 Å². The van der Waals surface area contributed by atoms with Gasteiger partial charge in [-0.1, -0.05) is 17.7 Å².